The average Bonchev–Trinajstić information content (AvgIpc) is 2.93. The molecule has 0 unspecified atom stereocenters. The van der Waals surface area contributed by atoms with E-state index in [1.54, 1.807) is 12.1 Å². The minimum absolute atomic E-state index is 0.659. The Bertz CT molecular complexity index is 669. The highest BCUT2D eigenvalue weighted by atomic mass is 16.5. The molecule has 0 aliphatic carbocycles. The van der Waals surface area contributed by atoms with Gasteiger partial charge in [0, 0.05) is 38.8 Å². The van der Waals surface area contributed by atoms with Gasteiger partial charge in [0.05, 0.1) is 30.3 Å². The zero-order valence-corrected chi connectivity index (χ0v) is 12.8. The number of imidazole rings is 1. The molecule has 0 radical (unpaired) electrons. The van der Waals surface area contributed by atoms with Crippen LogP contribution in [0.1, 0.15) is 23.4 Å². The first-order chi connectivity index (χ1) is 10.8. The highest BCUT2D eigenvalue weighted by Gasteiger charge is 2.19. The van der Waals surface area contributed by atoms with E-state index >= 15 is 0 Å². The molecule has 114 valence electrons. The summed E-state index contributed by atoms with van der Waals surface area (Å²) in [6, 6.07) is 9.36. The second-order valence-electron chi connectivity index (χ2n) is 5.61. The van der Waals surface area contributed by atoms with Gasteiger partial charge in [-0.25, -0.2) is 4.98 Å². The zero-order valence-electron chi connectivity index (χ0n) is 12.8. The van der Waals surface area contributed by atoms with Crippen LogP contribution in [0, 0.1) is 11.3 Å². The Labute approximate surface area is 130 Å². The Morgan fingerprint density at radius 2 is 2.14 bits per heavy atom. The molecule has 0 saturated carbocycles. The molecular weight excluding hydrogens is 276 g/mol. The lowest BCUT2D eigenvalue weighted by molar-refractivity contribution is 0.217. The maximum absolute atomic E-state index is 8.76. The fourth-order valence-electron chi connectivity index (χ4n) is 2.81. The molecule has 3 rings (SSSR count). The van der Waals surface area contributed by atoms with Crippen molar-refractivity contribution in [3.05, 3.63) is 47.5 Å². The third-order valence-corrected chi connectivity index (χ3v) is 4.05. The lowest BCUT2D eigenvalue weighted by atomic mass is 10.1. The van der Waals surface area contributed by atoms with Gasteiger partial charge in [-0.1, -0.05) is 0 Å². The van der Waals surface area contributed by atoms with Crippen molar-refractivity contribution < 1.29 is 4.74 Å². The Morgan fingerprint density at radius 3 is 2.91 bits per heavy atom. The number of benzene rings is 1. The molecular formula is C17H20N4O. The highest BCUT2D eigenvalue weighted by Crippen LogP contribution is 2.17. The van der Waals surface area contributed by atoms with Crippen LogP contribution in [0.5, 0.6) is 5.75 Å². The quantitative estimate of drug-likeness (QED) is 0.793. The van der Waals surface area contributed by atoms with Gasteiger partial charge in [-0.15, -0.1) is 0 Å². The summed E-state index contributed by atoms with van der Waals surface area (Å²) in [5.41, 5.74) is 3.23. The van der Waals surface area contributed by atoms with E-state index in [2.05, 4.69) is 27.6 Å². The van der Waals surface area contributed by atoms with Crippen molar-refractivity contribution in [1.82, 2.24) is 14.5 Å². The van der Waals surface area contributed by atoms with Gasteiger partial charge in [0.2, 0.25) is 0 Å². The lowest BCUT2D eigenvalue weighted by Crippen LogP contribution is -2.32. The van der Waals surface area contributed by atoms with E-state index in [0.29, 0.717) is 12.2 Å². The molecule has 0 amide bonds. The highest BCUT2D eigenvalue weighted by molar-refractivity contribution is 5.34. The van der Waals surface area contributed by atoms with E-state index < -0.39 is 0 Å². The van der Waals surface area contributed by atoms with E-state index in [1.165, 1.54) is 11.4 Å². The minimum atomic E-state index is 0.659. The largest absolute Gasteiger partial charge is 0.494 e. The van der Waals surface area contributed by atoms with Crippen molar-refractivity contribution in [1.29, 1.82) is 5.26 Å². The summed E-state index contributed by atoms with van der Waals surface area (Å²) < 4.78 is 7.84. The molecule has 22 heavy (non-hydrogen) atoms. The van der Waals surface area contributed by atoms with Crippen molar-refractivity contribution in [2.75, 3.05) is 19.7 Å². The van der Waals surface area contributed by atoms with Crippen LogP contribution >= 0.6 is 0 Å². The first-order valence-corrected chi connectivity index (χ1v) is 7.60. The topological polar surface area (TPSA) is 54.1 Å². The molecule has 0 bridgehead atoms. The van der Waals surface area contributed by atoms with E-state index in [4.69, 9.17) is 10.00 Å². The predicted molar refractivity (Wildman–Crippen MR) is 83.5 cm³/mol. The molecule has 1 aliphatic heterocycles. The number of ether oxygens (including phenoxy) is 1. The number of aryl methyl sites for hydroxylation is 1. The number of aromatic nitrogens is 2. The number of hydrogen-bond donors (Lipinski definition) is 0. The van der Waals surface area contributed by atoms with Crippen molar-refractivity contribution in [3.63, 3.8) is 0 Å². The van der Waals surface area contributed by atoms with E-state index in [0.717, 1.165) is 38.2 Å². The van der Waals surface area contributed by atoms with E-state index in [-0.39, 0.29) is 0 Å². The number of nitriles is 1. The van der Waals surface area contributed by atoms with Crippen LogP contribution in [-0.2, 0) is 20.0 Å². The SMILES string of the molecule is Cn1cnc2c1CCN(CCCOc1ccc(C#N)cc1)C2. The Kier molecular flexibility index (Phi) is 4.40. The van der Waals surface area contributed by atoms with Crippen molar-refractivity contribution >= 4 is 0 Å². The standard InChI is InChI=1S/C17H20N4O/c1-20-13-19-16-12-21(9-7-17(16)20)8-2-10-22-15-5-3-14(11-18)4-6-15/h3-6,13H,2,7-10,12H2,1H3. The normalized spacial score (nSPS) is 14.4. The Balaban J connectivity index is 1.41. The number of rotatable bonds is 5. The van der Waals surface area contributed by atoms with Gasteiger partial charge in [-0.05, 0) is 30.7 Å². The maximum atomic E-state index is 8.76. The third-order valence-electron chi connectivity index (χ3n) is 4.05. The van der Waals surface area contributed by atoms with Gasteiger partial charge in [-0.2, -0.15) is 5.26 Å². The van der Waals surface area contributed by atoms with Crippen LogP contribution in [0.2, 0.25) is 0 Å². The van der Waals surface area contributed by atoms with Gasteiger partial charge >= 0.3 is 0 Å². The summed E-state index contributed by atoms with van der Waals surface area (Å²) in [5.74, 6) is 0.824. The summed E-state index contributed by atoms with van der Waals surface area (Å²) in [5, 5.41) is 8.76. The fourth-order valence-corrected chi connectivity index (χ4v) is 2.81. The molecule has 5 heteroatoms. The second kappa shape index (κ2) is 6.63. The van der Waals surface area contributed by atoms with Crippen LogP contribution < -0.4 is 4.74 Å². The molecule has 2 aromatic rings. The lowest BCUT2D eigenvalue weighted by Gasteiger charge is -2.26. The molecule has 0 saturated heterocycles. The van der Waals surface area contributed by atoms with Crippen molar-refractivity contribution in [2.45, 2.75) is 19.4 Å². The molecule has 1 aromatic heterocycles. The van der Waals surface area contributed by atoms with Gasteiger partial charge in [0.25, 0.3) is 0 Å². The van der Waals surface area contributed by atoms with Crippen LogP contribution in [0.3, 0.4) is 0 Å². The molecule has 5 nitrogen and oxygen atoms in total. The van der Waals surface area contributed by atoms with Crippen LogP contribution in [0.15, 0.2) is 30.6 Å². The molecule has 0 fully saturated rings. The number of fused-ring (bicyclic) bond motifs is 1. The smallest absolute Gasteiger partial charge is 0.119 e. The first-order valence-electron chi connectivity index (χ1n) is 7.60. The van der Waals surface area contributed by atoms with Gasteiger partial charge in [-0.3, -0.25) is 4.90 Å². The molecule has 0 atom stereocenters. The second-order valence-corrected chi connectivity index (χ2v) is 5.61. The summed E-state index contributed by atoms with van der Waals surface area (Å²) in [4.78, 5) is 6.89. The summed E-state index contributed by atoms with van der Waals surface area (Å²) >= 11 is 0. The van der Waals surface area contributed by atoms with Crippen molar-refractivity contribution in [2.24, 2.45) is 7.05 Å². The molecule has 1 aliphatic rings. The maximum Gasteiger partial charge on any atom is 0.119 e. The minimum Gasteiger partial charge on any atom is -0.494 e. The van der Waals surface area contributed by atoms with Gasteiger partial charge in [0.1, 0.15) is 5.75 Å². The van der Waals surface area contributed by atoms with Crippen molar-refractivity contribution in [3.8, 4) is 11.8 Å². The van der Waals surface area contributed by atoms with Crippen LogP contribution in [0.4, 0.5) is 0 Å². The zero-order chi connectivity index (χ0) is 15.4. The summed E-state index contributed by atoms with van der Waals surface area (Å²) in [7, 11) is 2.06. The predicted octanol–water partition coefficient (Wildman–Crippen LogP) is 2.12. The van der Waals surface area contributed by atoms with E-state index in [1.807, 2.05) is 18.5 Å². The molecule has 0 N–H and O–H groups in total. The Hall–Kier alpha value is -2.32. The first kappa shape index (κ1) is 14.6. The van der Waals surface area contributed by atoms with E-state index in [9.17, 15) is 0 Å². The monoisotopic (exact) mass is 296 g/mol. The van der Waals surface area contributed by atoms with Crippen LogP contribution in [-0.4, -0.2) is 34.1 Å². The molecule has 0 spiro atoms. The number of hydrogen-bond acceptors (Lipinski definition) is 4. The molecule has 1 aromatic carbocycles. The summed E-state index contributed by atoms with van der Waals surface area (Å²) in [6.07, 6.45) is 3.96. The van der Waals surface area contributed by atoms with Gasteiger partial charge in [0.15, 0.2) is 0 Å². The third kappa shape index (κ3) is 3.29. The number of nitrogens with zero attached hydrogens (tertiary/aromatic N) is 4. The van der Waals surface area contributed by atoms with Crippen LogP contribution in [0.25, 0.3) is 0 Å². The van der Waals surface area contributed by atoms with Gasteiger partial charge < -0.3 is 9.30 Å². The molecule has 2 heterocycles. The Morgan fingerprint density at radius 1 is 1.32 bits per heavy atom. The fraction of sp³-hybridized carbons (Fsp3) is 0.412. The average molecular weight is 296 g/mol. The summed E-state index contributed by atoms with van der Waals surface area (Å²) in [6.45, 7) is 3.74.